The van der Waals surface area contributed by atoms with E-state index in [9.17, 15) is 4.55 Å². The molecule has 0 radical (unpaired) electrons. The van der Waals surface area contributed by atoms with Crippen LogP contribution in [-0.2, 0) is 11.2 Å². The first-order chi connectivity index (χ1) is 8.58. The predicted octanol–water partition coefficient (Wildman–Crippen LogP) is 2.30. The van der Waals surface area contributed by atoms with Crippen LogP contribution in [0.3, 0.4) is 0 Å². The quantitative estimate of drug-likeness (QED) is 0.799. The molecule has 0 aliphatic rings. The third kappa shape index (κ3) is 2.11. The molecule has 0 bridgehead atoms. The Morgan fingerprint density at radius 1 is 1.17 bits per heavy atom. The summed E-state index contributed by atoms with van der Waals surface area (Å²) in [5.74, 6) is 1.35. The van der Waals surface area contributed by atoms with Gasteiger partial charge in [-0.2, -0.15) is 0 Å². The van der Waals surface area contributed by atoms with E-state index < -0.39 is 11.2 Å². The summed E-state index contributed by atoms with van der Waals surface area (Å²) in [6, 6.07) is 3.66. The van der Waals surface area contributed by atoms with Gasteiger partial charge in [0, 0.05) is 23.0 Å². The maximum Gasteiger partial charge on any atom is 0.181 e. The van der Waals surface area contributed by atoms with Crippen LogP contribution in [0.2, 0.25) is 0 Å². The van der Waals surface area contributed by atoms with E-state index >= 15 is 0 Å². The number of nitrogens with zero attached hydrogens (tertiary/aromatic N) is 1. The number of methoxy groups -OCH3 is 2. The van der Waals surface area contributed by atoms with Gasteiger partial charge in [0.1, 0.15) is 17.8 Å². The zero-order chi connectivity index (χ0) is 13.3. The van der Waals surface area contributed by atoms with E-state index in [1.165, 1.54) is 0 Å². The fourth-order valence-corrected chi connectivity index (χ4v) is 2.93. The highest BCUT2D eigenvalue weighted by atomic mass is 32.2. The summed E-state index contributed by atoms with van der Waals surface area (Å²) >= 11 is -1.11. The fraction of sp³-hybridized carbons (Fsp3) is 0.308. The number of aryl methyl sites for hydroxylation is 1. The van der Waals surface area contributed by atoms with Gasteiger partial charge >= 0.3 is 0 Å². The summed E-state index contributed by atoms with van der Waals surface area (Å²) in [7, 11) is 3.19. The molecule has 1 aromatic heterocycles. The minimum Gasteiger partial charge on any atom is -0.612 e. The molecule has 96 valence electrons. The molecule has 0 fully saturated rings. The van der Waals surface area contributed by atoms with E-state index in [-0.39, 0.29) is 0 Å². The first-order valence-electron chi connectivity index (χ1n) is 5.43. The minimum absolute atomic E-state index is 0.670. The molecule has 0 amide bonds. The SMILES string of the molecule is COc1cc(OC)c2cnc(C)c([S+](C)[O-])c2c1. The summed E-state index contributed by atoms with van der Waals surface area (Å²) in [4.78, 5) is 5.01. The van der Waals surface area contributed by atoms with Crippen molar-refractivity contribution in [2.45, 2.75) is 11.8 Å². The number of pyridine rings is 1. The molecule has 4 nitrogen and oxygen atoms in total. The van der Waals surface area contributed by atoms with Crippen LogP contribution in [0.4, 0.5) is 0 Å². The van der Waals surface area contributed by atoms with E-state index in [1.807, 2.05) is 13.0 Å². The van der Waals surface area contributed by atoms with Crippen molar-refractivity contribution in [2.75, 3.05) is 20.5 Å². The van der Waals surface area contributed by atoms with Crippen molar-refractivity contribution in [3.8, 4) is 11.5 Å². The molecular weight excluding hydrogens is 250 g/mol. The predicted molar refractivity (Wildman–Crippen MR) is 71.9 cm³/mol. The molecule has 0 aliphatic heterocycles. The normalized spacial score (nSPS) is 12.5. The number of aromatic nitrogens is 1. The molecule has 0 saturated carbocycles. The maximum atomic E-state index is 11.9. The van der Waals surface area contributed by atoms with Crippen molar-refractivity contribution >= 4 is 21.9 Å². The van der Waals surface area contributed by atoms with Crippen LogP contribution < -0.4 is 9.47 Å². The molecule has 1 aromatic carbocycles. The van der Waals surface area contributed by atoms with Crippen LogP contribution in [0.15, 0.2) is 23.2 Å². The third-order valence-electron chi connectivity index (χ3n) is 2.82. The second kappa shape index (κ2) is 5.04. The van der Waals surface area contributed by atoms with E-state index in [4.69, 9.17) is 9.47 Å². The van der Waals surface area contributed by atoms with Gasteiger partial charge in [-0.15, -0.1) is 0 Å². The van der Waals surface area contributed by atoms with Crippen molar-refractivity contribution in [2.24, 2.45) is 0 Å². The van der Waals surface area contributed by atoms with Crippen LogP contribution in [0.25, 0.3) is 10.8 Å². The summed E-state index contributed by atoms with van der Waals surface area (Å²) in [6.07, 6.45) is 3.38. The zero-order valence-corrected chi connectivity index (χ0v) is 11.6. The fourth-order valence-electron chi connectivity index (χ4n) is 1.99. The van der Waals surface area contributed by atoms with Gasteiger partial charge in [0.05, 0.1) is 19.9 Å². The van der Waals surface area contributed by atoms with Crippen LogP contribution in [0, 0.1) is 6.92 Å². The lowest BCUT2D eigenvalue weighted by Crippen LogP contribution is -2.04. The minimum atomic E-state index is -1.11. The molecule has 2 aromatic rings. The topological polar surface area (TPSA) is 54.4 Å². The highest BCUT2D eigenvalue weighted by Crippen LogP contribution is 2.35. The largest absolute Gasteiger partial charge is 0.612 e. The Morgan fingerprint density at radius 3 is 2.44 bits per heavy atom. The highest BCUT2D eigenvalue weighted by molar-refractivity contribution is 7.91. The van der Waals surface area contributed by atoms with Crippen LogP contribution in [-0.4, -0.2) is 30.0 Å². The molecule has 18 heavy (non-hydrogen) atoms. The highest BCUT2D eigenvalue weighted by Gasteiger charge is 2.18. The number of fused-ring (bicyclic) bond motifs is 1. The van der Waals surface area contributed by atoms with E-state index in [1.54, 1.807) is 32.7 Å². The zero-order valence-electron chi connectivity index (χ0n) is 10.8. The van der Waals surface area contributed by atoms with Crippen molar-refractivity contribution < 1.29 is 14.0 Å². The molecule has 0 spiro atoms. The number of ether oxygens (including phenoxy) is 2. The second-order valence-electron chi connectivity index (χ2n) is 3.92. The van der Waals surface area contributed by atoms with Gasteiger partial charge < -0.3 is 14.0 Å². The first kappa shape index (κ1) is 13.0. The average Bonchev–Trinajstić information content (AvgIpc) is 2.36. The Labute approximate surface area is 109 Å². The Bertz CT molecular complexity index is 584. The van der Waals surface area contributed by atoms with Gasteiger partial charge in [-0.25, -0.2) is 0 Å². The standard InChI is InChI=1S/C13H15NO3S/c1-8-13(18(4)15)10-5-9(16-2)6-12(17-3)11(10)7-14-8/h5-7H,1-4H3. The summed E-state index contributed by atoms with van der Waals surface area (Å²) in [6.45, 7) is 1.85. The monoisotopic (exact) mass is 265 g/mol. The van der Waals surface area contributed by atoms with E-state index in [2.05, 4.69) is 4.98 Å². The number of hydrogen-bond acceptors (Lipinski definition) is 4. The number of benzene rings is 1. The van der Waals surface area contributed by atoms with Crippen molar-refractivity contribution in [3.05, 3.63) is 24.0 Å². The van der Waals surface area contributed by atoms with Crippen LogP contribution >= 0.6 is 0 Å². The Hall–Kier alpha value is -1.46. The van der Waals surface area contributed by atoms with Crippen LogP contribution in [0.1, 0.15) is 5.69 Å². The Kier molecular flexibility index (Phi) is 3.63. The van der Waals surface area contributed by atoms with Gasteiger partial charge in [0.2, 0.25) is 0 Å². The Morgan fingerprint density at radius 2 is 1.89 bits per heavy atom. The van der Waals surface area contributed by atoms with Crippen molar-refractivity contribution in [1.29, 1.82) is 0 Å². The molecule has 0 saturated heterocycles. The van der Waals surface area contributed by atoms with Gasteiger partial charge in [-0.3, -0.25) is 4.98 Å². The maximum absolute atomic E-state index is 11.9. The third-order valence-corrected chi connectivity index (χ3v) is 3.91. The smallest absolute Gasteiger partial charge is 0.181 e. The summed E-state index contributed by atoms with van der Waals surface area (Å²) in [5.41, 5.74) is 0.763. The van der Waals surface area contributed by atoms with Gasteiger partial charge in [0.15, 0.2) is 4.90 Å². The van der Waals surface area contributed by atoms with Gasteiger partial charge in [-0.05, 0) is 24.2 Å². The first-order valence-corrected chi connectivity index (χ1v) is 6.99. The molecule has 0 N–H and O–H groups in total. The second-order valence-corrected chi connectivity index (χ2v) is 5.23. The molecule has 1 atom stereocenters. The summed E-state index contributed by atoms with van der Waals surface area (Å²) in [5, 5.41) is 1.70. The molecule has 5 heteroatoms. The number of hydrogen-bond donors (Lipinski definition) is 0. The lowest BCUT2D eigenvalue weighted by Gasteiger charge is -2.13. The molecule has 0 aliphatic carbocycles. The number of rotatable bonds is 3. The lowest BCUT2D eigenvalue weighted by molar-refractivity contribution is 0.398. The van der Waals surface area contributed by atoms with Gasteiger partial charge in [-0.1, -0.05) is 0 Å². The molecule has 2 rings (SSSR count). The lowest BCUT2D eigenvalue weighted by atomic mass is 10.1. The molecular formula is C13H15NO3S. The van der Waals surface area contributed by atoms with E-state index in [0.29, 0.717) is 11.5 Å². The average molecular weight is 265 g/mol. The van der Waals surface area contributed by atoms with E-state index in [0.717, 1.165) is 21.4 Å². The summed E-state index contributed by atoms with van der Waals surface area (Å²) < 4.78 is 22.4. The van der Waals surface area contributed by atoms with Gasteiger partial charge in [0.25, 0.3) is 0 Å². The van der Waals surface area contributed by atoms with Crippen LogP contribution in [0.5, 0.6) is 11.5 Å². The molecule has 1 unspecified atom stereocenters. The van der Waals surface area contributed by atoms with Crippen molar-refractivity contribution in [3.63, 3.8) is 0 Å². The molecule has 1 heterocycles. The van der Waals surface area contributed by atoms with Crippen molar-refractivity contribution in [1.82, 2.24) is 4.98 Å². The Balaban J connectivity index is 2.86.